The van der Waals surface area contributed by atoms with E-state index in [0.29, 0.717) is 12.8 Å². The molecule has 154 valence electrons. The molecule has 0 heterocycles. The predicted octanol–water partition coefficient (Wildman–Crippen LogP) is 5.24. The molecule has 0 saturated heterocycles. The van der Waals surface area contributed by atoms with Crippen LogP contribution in [0.4, 0.5) is 0 Å². The Labute approximate surface area is 159 Å². The molecule has 0 aromatic rings. The monoisotopic (exact) mass is 372 g/mol. The number of aliphatic carboxylic acids is 1. The number of aliphatic hydroxyl groups excluding tert-OH is 1. The Morgan fingerprint density at radius 2 is 1.27 bits per heavy atom. The van der Waals surface area contributed by atoms with E-state index in [1.807, 2.05) is 0 Å². The van der Waals surface area contributed by atoms with E-state index in [1.54, 1.807) is 0 Å². The number of esters is 1. The van der Waals surface area contributed by atoms with Crippen LogP contribution in [0, 0.1) is 0 Å². The lowest BCUT2D eigenvalue weighted by molar-refractivity contribution is -0.155. The molecule has 2 unspecified atom stereocenters. The number of carboxylic acids is 1. The van der Waals surface area contributed by atoms with Crippen molar-refractivity contribution in [2.45, 2.75) is 122 Å². The molecule has 0 aliphatic rings. The maximum Gasteiger partial charge on any atom is 0.308 e. The highest BCUT2D eigenvalue weighted by Crippen LogP contribution is 2.15. The molecule has 0 spiro atoms. The second kappa shape index (κ2) is 17.3. The molecule has 0 amide bonds. The summed E-state index contributed by atoms with van der Waals surface area (Å²) in [7, 11) is 0. The minimum atomic E-state index is -0.955. The lowest BCUT2D eigenvalue weighted by Gasteiger charge is -2.17. The van der Waals surface area contributed by atoms with Crippen molar-refractivity contribution < 1.29 is 24.5 Å². The van der Waals surface area contributed by atoms with Crippen LogP contribution in [0.1, 0.15) is 110 Å². The molecular weight excluding hydrogens is 332 g/mol. The van der Waals surface area contributed by atoms with E-state index < -0.39 is 24.1 Å². The van der Waals surface area contributed by atoms with E-state index in [9.17, 15) is 14.7 Å². The number of hydrogen-bond donors (Lipinski definition) is 2. The first-order valence-electron chi connectivity index (χ1n) is 10.6. The van der Waals surface area contributed by atoms with Crippen molar-refractivity contribution in [1.29, 1.82) is 0 Å². The molecule has 5 nitrogen and oxygen atoms in total. The summed E-state index contributed by atoms with van der Waals surface area (Å²) in [6, 6.07) is 0. The molecule has 0 aliphatic heterocycles. The molecule has 26 heavy (non-hydrogen) atoms. The Bertz CT molecular complexity index is 356. The van der Waals surface area contributed by atoms with Crippen LogP contribution >= 0.6 is 0 Å². The van der Waals surface area contributed by atoms with E-state index in [1.165, 1.54) is 32.1 Å². The Balaban J connectivity index is 3.99. The van der Waals surface area contributed by atoms with Gasteiger partial charge < -0.3 is 14.9 Å². The van der Waals surface area contributed by atoms with Gasteiger partial charge in [-0.1, -0.05) is 78.1 Å². The third kappa shape index (κ3) is 16.4. The number of carbonyl (C=O) groups excluding carboxylic acids is 1. The zero-order valence-corrected chi connectivity index (χ0v) is 16.9. The van der Waals surface area contributed by atoms with Crippen molar-refractivity contribution >= 4 is 11.9 Å². The SMILES string of the molecule is CCCCCCCCC(O)CC(=O)OC(CCCCCCC)CC(=O)O. The van der Waals surface area contributed by atoms with Crippen molar-refractivity contribution in [2.24, 2.45) is 0 Å². The molecular formula is C21H40O5. The fraction of sp³-hybridized carbons (Fsp3) is 0.905. The number of ether oxygens (including phenoxy) is 1. The highest BCUT2D eigenvalue weighted by Gasteiger charge is 2.20. The molecule has 0 bridgehead atoms. The normalized spacial score (nSPS) is 13.3. The summed E-state index contributed by atoms with van der Waals surface area (Å²) in [5, 5.41) is 19.0. The first-order chi connectivity index (χ1) is 12.5. The Morgan fingerprint density at radius 1 is 0.769 bits per heavy atom. The number of unbranched alkanes of at least 4 members (excludes halogenated alkanes) is 9. The lowest BCUT2D eigenvalue weighted by Crippen LogP contribution is -2.24. The van der Waals surface area contributed by atoms with Gasteiger partial charge in [0.2, 0.25) is 0 Å². The Kier molecular flexibility index (Phi) is 16.6. The van der Waals surface area contributed by atoms with Gasteiger partial charge in [0.05, 0.1) is 18.9 Å². The van der Waals surface area contributed by atoms with E-state index in [-0.39, 0.29) is 12.8 Å². The van der Waals surface area contributed by atoms with Gasteiger partial charge in [-0.05, 0) is 19.3 Å². The average Bonchev–Trinajstić information content (AvgIpc) is 2.57. The van der Waals surface area contributed by atoms with Crippen LogP contribution in [0.5, 0.6) is 0 Å². The summed E-state index contributed by atoms with van der Waals surface area (Å²) >= 11 is 0. The molecule has 0 saturated carbocycles. The smallest absolute Gasteiger partial charge is 0.308 e. The van der Waals surface area contributed by atoms with Crippen LogP contribution < -0.4 is 0 Å². The van der Waals surface area contributed by atoms with Gasteiger partial charge in [0.1, 0.15) is 6.10 Å². The molecule has 5 heteroatoms. The first-order valence-corrected chi connectivity index (χ1v) is 10.6. The summed E-state index contributed by atoms with van der Waals surface area (Å²) in [4.78, 5) is 22.9. The minimum absolute atomic E-state index is 0.0408. The van der Waals surface area contributed by atoms with Crippen LogP contribution in [0.2, 0.25) is 0 Å². The Morgan fingerprint density at radius 3 is 1.81 bits per heavy atom. The van der Waals surface area contributed by atoms with Crippen molar-refractivity contribution in [2.75, 3.05) is 0 Å². The molecule has 0 aromatic heterocycles. The van der Waals surface area contributed by atoms with Crippen molar-refractivity contribution in [3.8, 4) is 0 Å². The van der Waals surface area contributed by atoms with E-state index in [0.717, 1.165) is 38.5 Å². The molecule has 2 N–H and O–H groups in total. The van der Waals surface area contributed by atoms with Crippen LogP contribution in [0.25, 0.3) is 0 Å². The van der Waals surface area contributed by atoms with Gasteiger partial charge >= 0.3 is 11.9 Å². The highest BCUT2D eigenvalue weighted by atomic mass is 16.5. The van der Waals surface area contributed by atoms with Gasteiger partial charge in [0.25, 0.3) is 0 Å². The topological polar surface area (TPSA) is 83.8 Å². The minimum Gasteiger partial charge on any atom is -0.481 e. The van der Waals surface area contributed by atoms with Crippen LogP contribution in [0.3, 0.4) is 0 Å². The second-order valence-corrected chi connectivity index (χ2v) is 7.33. The third-order valence-corrected chi connectivity index (χ3v) is 4.62. The van der Waals surface area contributed by atoms with Gasteiger partial charge in [-0.25, -0.2) is 0 Å². The molecule has 0 aromatic carbocycles. The van der Waals surface area contributed by atoms with Crippen LogP contribution in [0.15, 0.2) is 0 Å². The van der Waals surface area contributed by atoms with Gasteiger partial charge in [-0.3, -0.25) is 9.59 Å². The average molecular weight is 373 g/mol. The summed E-state index contributed by atoms with van der Waals surface area (Å²) in [5.74, 6) is -1.44. The number of aliphatic hydroxyl groups is 1. The summed E-state index contributed by atoms with van der Waals surface area (Å²) in [5.41, 5.74) is 0. The maximum atomic E-state index is 12.0. The zero-order valence-electron chi connectivity index (χ0n) is 16.9. The molecule has 0 fully saturated rings. The lowest BCUT2D eigenvalue weighted by atomic mass is 10.0. The second-order valence-electron chi connectivity index (χ2n) is 7.33. The number of carbonyl (C=O) groups is 2. The number of carboxylic acid groups (broad SMARTS) is 1. The van der Waals surface area contributed by atoms with E-state index in [2.05, 4.69) is 13.8 Å². The predicted molar refractivity (Wildman–Crippen MR) is 104 cm³/mol. The number of rotatable bonds is 18. The van der Waals surface area contributed by atoms with Gasteiger partial charge in [0.15, 0.2) is 0 Å². The van der Waals surface area contributed by atoms with E-state index >= 15 is 0 Å². The quantitative estimate of drug-likeness (QED) is 0.254. The molecule has 0 radical (unpaired) electrons. The fourth-order valence-corrected chi connectivity index (χ4v) is 3.06. The largest absolute Gasteiger partial charge is 0.481 e. The molecule has 2 atom stereocenters. The molecule has 0 aliphatic carbocycles. The van der Waals surface area contributed by atoms with E-state index in [4.69, 9.17) is 9.84 Å². The standard InChI is InChI=1S/C21H40O5/c1-3-5-7-9-11-12-14-18(22)16-21(25)26-19(17-20(23)24)15-13-10-8-6-4-2/h18-19,22H,3-17H2,1-2H3,(H,23,24). The summed E-state index contributed by atoms with van der Waals surface area (Å²) < 4.78 is 5.32. The zero-order chi connectivity index (χ0) is 19.6. The van der Waals surface area contributed by atoms with Crippen molar-refractivity contribution in [3.05, 3.63) is 0 Å². The third-order valence-electron chi connectivity index (χ3n) is 4.62. The van der Waals surface area contributed by atoms with Crippen molar-refractivity contribution in [1.82, 2.24) is 0 Å². The van der Waals surface area contributed by atoms with Crippen LogP contribution in [-0.2, 0) is 14.3 Å². The van der Waals surface area contributed by atoms with Crippen molar-refractivity contribution in [3.63, 3.8) is 0 Å². The fourth-order valence-electron chi connectivity index (χ4n) is 3.06. The van der Waals surface area contributed by atoms with Gasteiger partial charge in [-0.2, -0.15) is 0 Å². The summed E-state index contributed by atoms with van der Waals surface area (Å²) in [6.07, 6.45) is 11.9. The Hall–Kier alpha value is -1.10. The van der Waals surface area contributed by atoms with Gasteiger partial charge in [-0.15, -0.1) is 0 Å². The molecule has 0 rings (SSSR count). The maximum absolute atomic E-state index is 12.0. The summed E-state index contributed by atoms with van der Waals surface area (Å²) in [6.45, 7) is 4.32. The van der Waals surface area contributed by atoms with Gasteiger partial charge in [0, 0.05) is 0 Å². The first kappa shape index (κ1) is 24.9. The van der Waals surface area contributed by atoms with Crippen LogP contribution in [-0.4, -0.2) is 34.4 Å². The highest BCUT2D eigenvalue weighted by molar-refractivity contribution is 5.71. The number of hydrogen-bond acceptors (Lipinski definition) is 4.